The molecule has 0 fully saturated rings. The van der Waals surface area contributed by atoms with Gasteiger partial charge in [-0.3, -0.25) is 4.79 Å². The quantitative estimate of drug-likeness (QED) is 0.553. The Morgan fingerprint density at radius 3 is 2.53 bits per heavy atom. The molecule has 0 spiro atoms. The van der Waals surface area contributed by atoms with E-state index in [2.05, 4.69) is 6.92 Å². The van der Waals surface area contributed by atoms with Crippen molar-refractivity contribution in [3.8, 4) is 0 Å². The summed E-state index contributed by atoms with van der Waals surface area (Å²) in [7, 11) is 0. The summed E-state index contributed by atoms with van der Waals surface area (Å²) >= 11 is 5.52. The zero-order valence-corrected chi connectivity index (χ0v) is 9.70. The Hall–Kier alpha value is -1.02. The molecule has 0 aliphatic carbocycles. The number of carbonyl (C=O) groups is 1. The summed E-state index contributed by atoms with van der Waals surface area (Å²) in [4.78, 5) is 12.8. The fourth-order valence-electron chi connectivity index (χ4n) is 1.38. The highest BCUT2D eigenvalue weighted by molar-refractivity contribution is 6.62. The molecule has 0 atom stereocenters. The van der Waals surface area contributed by atoms with Gasteiger partial charge in [0, 0.05) is 13.1 Å². The van der Waals surface area contributed by atoms with Crippen LogP contribution in [0.5, 0.6) is 0 Å². The van der Waals surface area contributed by atoms with Crippen LogP contribution in [0.4, 0.5) is 4.79 Å². The summed E-state index contributed by atoms with van der Waals surface area (Å²) in [5.74, 6) is 0. The third-order valence-electron chi connectivity index (χ3n) is 2.25. The first-order chi connectivity index (χ1) is 7.24. The molecule has 0 N–H and O–H groups in total. The van der Waals surface area contributed by atoms with E-state index in [0.29, 0.717) is 6.54 Å². The third kappa shape index (κ3) is 4.34. The van der Waals surface area contributed by atoms with Gasteiger partial charge in [0.15, 0.2) is 0 Å². The summed E-state index contributed by atoms with van der Waals surface area (Å²) in [6.45, 7) is 3.43. The number of benzene rings is 1. The third-order valence-corrected chi connectivity index (χ3v) is 2.49. The van der Waals surface area contributed by atoms with E-state index in [0.717, 1.165) is 24.9 Å². The van der Waals surface area contributed by atoms with Gasteiger partial charge in [0.2, 0.25) is 0 Å². The molecule has 1 amide bonds. The fraction of sp³-hybridized carbons (Fsp3) is 0.417. The molecule has 15 heavy (non-hydrogen) atoms. The Kier molecular flexibility index (Phi) is 5.19. The van der Waals surface area contributed by atoms with Crippen molar-refractivity contribution in [3.05, 3.63) is 35.9 Å². The number of amides is 1. The van der Waals surface area contributed by atoms with Gasteiger partial charge in [-0.1, -0.05) is 43.7 Å². The molecule has 0 unspecified atom stereocenters. The first-order valence-corrected chi connectivity index (χ1v) is 5.60. The molecule has 0 radical (unpaired) electrons. The molecule has 0 saturated heterocycles. The molecule has 2 nitrogen and oxygen atoms in total. The zero-order chi connectivity index (χ0) is 11.1. The lowest BCUT2D eigenvalue weighted by Gasteiger charge is -2.19. The van der Waals surface area contributed by atoms with Crippen molar-refractivity contribution in [3.63, 3.8) is 0 Å². The van der Waals surface area contributed by atoms with Gasteiger partial charge in [0.25, 0.3) is 0 Å². The molecule has 82 valence electrons. The predicted octanol–water partition coefficient (Wildman–Crippen LogP) is 3.65. The molecule has 1 aromatic rings. The van der Waals surface area contributed by atoms with Crippen molar-refractivity contribution >= 4 is 17.0 Å². The summed E-state index contributed by atoms with van der Waals surface area (Å²) in [6, 6.07) is 9.89. The minimum Gasteiger partial charge on any atom is -0.325 e. The van der Waals surface area contributed by atoms with Gasteiger partial charge in [0.05, 0.1) is 0 Å². The number of carbonyl (C=O) groups excluding carboxylic acids is 1. The van der Waals surface area contributed by atoms with Crippen LogP contribution in [0.3, 0.4) is 0 Å². The molecule has 1 rings (SSSR count). The molecule has 1 aromatic carbocycles. The summed E-state index contributed by atoms with van der Waals surface area (Å²) in [6.07, 6.45) is 2.06. The Morgan fingerprint density at radius 1 is 1.33 bits per heavy atom. The molecule has 0 aliphatic heterocycles. The smallest absolute Gasteiger partial charge is 0.316 e. The summed E-state index contributed by atoms with van der Waals surface area (Å²) < 4.78 is 0. The minimum atomic E-state index is -0.368. The highest BCUT2D eigenvalue weighted by atomic mass is 35.5. The highest BCUT2D eigenvalue weighted by Gasteiger charge is 2.09. The number of rotatable bonds is 5. The average Bonchev–Trinajstić information content (AvgIpc) is 2.25. The van der Waals surface area contributed by atoms with Gasteiger partial charge < -0.3 is 4.90 Å². The van der Waals surface area contributed by atoms with E-state index in [1.165, 1.54) is 0 Å². The van der Waals surface area contributed by atoms with Gasteiger partial charge in [-0.2, -0.15) is 0 Å². The molecule has 0 saturated carbocycles. The second kappa shape index (κ2) is 6.46. The molecule has 0 heterocycles. The van der Waals surface area contributed by atoms with Crippen LogP contribution >= 0.6 is 11.6 Å². The lowest BCUT2D eigenvalue weighted by molar-refractivity contribution is 0.218. The monoisotopic (exact) mass is 225 g/mol. The van der Waals surface area contributed by atoms with E-state index < -0.39 is 0 Å². The molecule has 0 aliphatic rings. The minimum absolute atomic E-state index is 0.368. The molecular formula is C12H16ClNO. The van der Waals surface area contributed by atoms with Gasteiger partial charge >= 0.3 is 5.37 Å². The standard InChI is InChI=1S/C12H16ClNO/c1-2-3-9-14(12(13)15)10-11-7-5-4-6-8-11/h4-8H,2-3,9-10H2,1H3. The van der Waals surface area contributed by atoms with E-state index in [4.69, 9.17) is 11.6 Å². The summed E-state index contributed by atoms with van der Waals surface area (Å²) in [5, 5.41) is -0.368. The predicted molar refractivity (Wildman–Crippen MR) is 63.0 cm³/mol. The average molecular weight is 226 g/mol. The van der Waals surface area contributed by atoms with E-state index in [9.17, 15) is 4.79 Å². The van der Waals surface area contributed by atoms with Crippen LogP contribution in [0, 0.1) is 0 Å². The second-order valence-electron chi connectivity index (χ2n) is 3.51. The SMILES string of the molecule is CCCCN(Cc1ccccc1)C(=O)Cl. The first-order valence-electron chi connectivity index (χ1n) is 5.22. The number of halogens is 1. The van der Waals surface area contributed by atoms with E-state index >= 15 is 0 Å². The number of nitrogens with zero attached hydrogens (tertiary/aromatic N) is 1. The van der Waals surface area contributed by atoms with Crippen molar-refractivity contribution < 1.29 is 4.79 Å². The molecular weight excluding hydrogens is 210 g/mol. The Bertz CT molecular complexity index is 300. The number of unbranched alkanes of at least 4 members (excludes halogenated alkanes) is 1. The maximum absolute atomic E-state index is 11.1. The van der Waals surface area contributed by atoms with Crippen LogP contribution in [0.2, 0.25) is 0 Å². The topological polar surface area (TPSA) is 20.3 Å². The largest absolute Gasteiger partial charge is 0.325 e. The highest BCUT2D eigenvalue weighted by Crippen LogP contribution is 2.08. The van der Waals surface area contributed by atoms with Gasteiger partial charge in [-0.05, 0) is 23.6 Å². The van der Waals surface area contributed by atoms with Crippen molar-refractivity contribution in [2.45, 2.75) is 26.3 Å². The Balaban J connectivity index is 2.55. The van der Waals surface area contributed by atoms with Crippen LogP contribution in [-0.2, 0) is 6.54 Å². The van der Waals surface area contributed by atoms with Crippen molar-refractivity contribution in [1.29, 1.82) is 0 Å². The number of hydrogen-bond acceptors (Lipinski definition) is 1. The lowest BCUT2D eigenvalue weighted by atomic mass is 10.2. The van der Waals surface area contributed by atoms with Gasteiger partial charge in [-0.25, -0.2) is 0 Å². The number of hydrogen-bond donors (Lipinski definition) is 0. The lowest BCUT2D eigenvalue weighted by Crippen LogP contribution is -2.26. The maximum Gasteiger partial charge on any atom is 0.316 e. The van der Waals surface area contributed by atoms with Crippen LogP contribution in [0.1, 0.15) is 25.3 Å². The van der Waals surface area contributed by atoms with E-state index in [1.807, 2.05) is 30.3 Å². The Labute approximate surface area is 95.8 Å². The molecule has 0 aromatic heterocycles. The van der Waals surface area contributed by atoms with E-state index in [1.54, 1.807) is 4.90 Å². The maximum atomic E-state index is 11.1. The van der Waals surface area contributed by atoms with Crippen LogP contribution in [-0.4, -0.2) is 16.8 Å². The fourth-order valence-corrected chi connectivity index (χ4v) is 1.53. The second-order valence-corrected chi connectivity index (χ2v) is 3.84. The van der Waals surface area contributed by atoms with Crippen LogP contribution in [0.15, 0.2) is 30.3 Å². The molecule has 0 bridgehead atoms. The normalized spacial score (nSPS) is 10.0. The van der Waals surface area contributed by atoms with Crippen LogP contribution in [0.25, 0.3) is 0 Å². The van der Waals surface area contributed by atoms with Crippen molar-refractivity contribution in [2.24, 2.45) is 0 Å². The van der Waals surface area contributed by atoms with Crippen molar-refractivity contribution in [1.82, 2.24) is 4.90 Å². The van der Waals surface area contributed by atoms with Gasteiger partial charge in [0.1, 0.15) is 0 Å². The van der Waals surface area contributed by atoms with E-state index in [-0.39, 0.29) is 5.37 Å². The van der Waals surface area contributed by atoms with Gasteiger partial charge in [-0.15, -0.1) is 0 Å². The first kappa shape index (κ1) is 12.1. The summed E-state index contributed by atoms with van der Waals surface area (Å²) in [5.41, 5.74) is 1.11. The molecule has 3 heteroatoms. The van der Waals surface area contributed by atoms with Crippen molar-refractivity contribution in [2.75, 3.05) is 6.54 Å². The van der Waals surface area contributed by atoms with Crippen LogP contribution < -0.4 is 0 Å². The Morgan fingerprint density at radius 2 is 2.00 bits per heavy atom. The zero-order valence-electron chi connectivity index (χ0n) is 8.95.